The lowest BCUT2D eigenvalue weighted by Gasteiger charge is -2.09. The second kappa shape index (κ2) is 9.06. The number of rotatable bonds is 6. The van der Waals surface area contributed by atoms with Crippen LogP contribution in [0.1, 0.15) is 34.3 Å². The molecule has 0 unspecified atom stereocenters. The van der Waals surface area contributed by atoms with Crippen molar-refractivity contribution < 1.29 is 4.79 Å². The molecule has 2 aromatic carbocycles. The second-order valence-electron chi connectivity index (χ2n) is 5.52. The minimum atomic E-state index is -0.174. The monoisotopic (exact) mass is 326 g/mol. The van der Waals surface area contributed by atoms with Crippen LogP contribution in [0.25, 0.3) is 0 Å². The number of carbonyl (C=O) groups is 1. The normalized spacial score (nSPS) is 10.1. The number of unbranched alkanes of at least 4 members (excludes halogenated alkanes) is 1. The van der Waals surface area contributed by atoms with E-state index in [1.807, 2.05) is 25.1 Å². The molecule has 0 saturated carbocycles. The molecule has 0 radical (unpaired) electrons. The highest BCUT2D eigenvalue weighted by Gasteiger charge is 2.06. The summed E-state index contributed by atoms with van der Waals surface area (Å²) in [4.78, 5) is 12.0. The first-order valence-corrected chi connectivity index (χ1v) is 8.26. The van der Waals surface area contributed by atoms with Crippen LogP contribution in [0.15, 0.2) is 54.6 Å². The van der Waals surface area contributed by atoms with Crippen LogP contribution in [0.4, 0.5) is 0 Å². The molecule has 0 spiro atoms. The van der Waals surface area contributed by atoms with Gasteiger partial charge in [-0.2, -0.15) is 0 Å². The van der Waals surface area contributed by atoms with Gasteiger partial charge in [-0.1, -0.05) is 48.0 Å². The van der Waals surface area contributed by atoms with Crippen LogP contribution in [0.5, 0.6) is 0 Å². The summed E-state index contributed by atoms with van der Waals surface area (Å²) in [6.07, 6.45) is 3.16. The van der Waals surface area contributed by atoms with Crippen molar-refractivity contribution >= 4 is 23.2 Å². The molecule has 0 aliphatic carbocycles. The summed E-state index contributed by atoms with van der Waals surface area (Å²) in [5.41, 5.74) is 3.09. The maximum Gasteiger partial charge on any atom is 0.257 e. The quantitative estimate of drug-likeness (QED) is 0.629. The van der Waals surface area contributed by atoms with Crippen LogP contribution in [0.3, 0.4) is 0 Å². The standard InChI is InChI=1S/C19H22N2OS/c1-15-10-12-17(13-11-15)18(22)21-19(23)20-14-6-5-9-16-7-3-2-4-8-16/h2-4,7-8,10-13H,5-6,9,14H2,1H3,(H2,20,21,22,23). The number of carbonyl (C=O) groups excluding carboxylic acids is 1. The lowest BCUT2D eigenvalue weighted by atomic mass is 10.1. The van der Waals surface area contributed by atoms with Gasteiger partial charge in [0.25, 0.3) is 5.91 Å². The zero-order valence-corrected chi connectivity index (χ0v) is 14.2. The molecule has 0 atom stereocenters. The Kier molecular flexibility index (Phi) is 6.76. The first-order chi connectivity index (χ1) is 11.1. The van der Waals surface area contributed by atoms with E-state index >= 15 is 0 Å². The molecule has 0 bridgehead atoms. The number of thiocarbonyl (C=S) groups is 1. The number of amides is 1. The summed E-state index contributed by atoms with van der Waals surface area (Å²) in [5, 5.41) is 6.17. The van der Waals surface area contributed by atoms with Gasteiger partial charge in [0.1, 0.15) is 0 Å². The Hall–Kier alpha value is -2.20. The Bertz CT molecular complexity index is 638. The summed E-state index contributed by atoms with van der Waals surface area (Å²) < 4.78 is 0. The maximum absolute atomic E-state index is 12.0. The molecule has 0 aliphatic heterocycles. The van der Waals surface area contributed by atoms with Gasteiger partial charge in [0.15, 0.2) is 5.11 Å². The smallest absolute Gasteiger partial charge is 0.257 e. The van der Waals surface area contributed by atoms with Crippen LogP contribution in [-0.4, -0.2) is 17.6 Å². The number of benzene rings is 2. The van der Waals surface area contributed by atoms with Gasteiger partial charge in [0, 0.05) is 12.1 Å². The molecule has 1 amide bonds. The van der Waals surface area contributed by atoms with Crippen molar-refractivity contribution in [1.29, 1.82) is 0 Å². The van der Waals surface area contributed by atoms with Crippen LogP contribution >= 0.6 is 12.2 Å². The Labute approximate surface area is 143 Å². The molecule has 2 aromatic rings. The highest BCUT2D eigenvalue weighted by atomic mass is 32.1. The number of nitrogens with one attached hydrogen (secondary N) is 2. The fourth-order valence-corrected chi connectivity index (χ4v) is 2.42. The van der Waals surface area contributed by atoms with Crippen molar-refractivity contribution in [1.82, 2.24) is 10.6 Å². The summed E-state index contributed by atoms with van der Waals surface area (Å²) in [5.74, 6) is -0.174. The van der Waals surface area contributed by atoms with Crippen molar-refractivity contribution in [2.24, 2.45) is 0 Å². The van der Waals surface area contributed by atoms with E-state index in [0.29, 0.717) is 10.7 Å². The SMILES string of the molecule is Cc1ccc(C(=O)NC(=S)NCCCCc2ccccc2)cc1. The summed E-state index contributed by atoms with van der Waals surface area (Å²) in [7, 11) is 0. The van der Waals surface area contributed by atoms with E-state index in [4.69, 9.17) is 12.2 Å². The molecular formula is C19H22N2OS. The van der Waals surface area contributed by atoms with Gasteiger partial charge in [-0.25, -0.2) is 0 Å². The third kappa shape index (κ3) is 6.20. The Balaban J connectivity index is 1.63. The van der Waals surface area contributed by atoms with Gasteiger partial charge in [0.05, 0.1) is 0 Å². The van der Waals surface area contributed by atoms with Gasteiger partial charge in [-0.15, -0.1) is 0 Å². The van der Waals surface area contributed by atoms with E-state index in [1.165, 1.54) is 5.56 Å². The molecule has 2 N–H and O–H groups in total. The fourth-order valence-electron chi connectivity index (χ4n) is 2.23. The van der Waals surface area contributed by atoms with Gasteiger partial charge in [-0.05, 0) is 56.1 Å². The van der Waals surface area contributed by atoms with Crippen molar-refractivity contribution in [2.45, 2.75) is 26.2 Å². The van der Waals surface area contributed by atoms with E-state index in [0.717, 1.165) is 31.4 Å². The van der Waals surface area contributed by atoms with Crippen LogP contribution in [0, 0.1) is 6.92 Å². The van der Waals surface area contributed by atoms with E-state index in [-0.39, 0.29) is 5.91 Å². The van der Waals surface area contributed by atoms with Gasteiger partial charge < -0.3 is 5.32 Å². The van der Waals surface area contributed by atoms with Gasteiger partial charge in [-0.3, -0.25) is 10.1 Å². The molecule has 4 heteroatoms. The topological polar surface area (TPSA) is 41.1 Å². The van der Waals surface area contributed by atoms with Crippen LogP contribution < -0.4 is 10.6 Å². The van der Waals surface area contributed by atoms with Gasteiger partial charge >= 0.3 is 0 Å². The zero-order valence-electron chi connectivity index (χ0n) is 13.3. The molecule has 0 saturated heterocycles. The number of hydrogen-bond acceptors (Lipinski definition) is 2. The largest absolute Gasteiger partial charge is 0.362 e. The average Bonchev–Trinajstić information content (AvgIpc) is 2.56. The second-order valence-corrected chi connectivity index (χ2v) is 5.93. The van der Waals surface area contributed by atoms with E-state index < -0.39 is 0 Å². The molecule has 0 fully saturated rings. The first-order valence-electron chi connectivity index (χ1n) is 7.85. The van der Waals surface area contributed by atoms with Gasteiger partial charge in [0.2, 0.25) is 0 Å². The number of aryl methyl sites for hydroxylation is 2. The molecule has 120 valence electrons. The van der Waals surface area contributed by atoms with Crippen molar-refractivity contribution in [3.05, 3.63) is 71.3 Å². The lowest BCUT2D eigenvalue weighted by Crippen LogP contribution is -2.39. The van der Waals surface area contributed by atoms with Crippen LogP contribution in [-0.2, 0) is 6.42 Å². The van der Waals surface area contributed by atoms with Crippen molar-refractivity contribution in [3.63, 3.8) is 0 Å². The summed E-state index contributed by atoms with van der Waals surface area (Å²) in [6, 6.07) is 17.8. The third-order valence-corrected chi connectivity index (χ3v) is 3.81. The molecule has 0 heterocycles. The fraction of sp³-hybridized carbons (Fsp3) is 0.263. The maximum atomic E-state index is 12.0. The summed E-state index contributed by atoms with van der Waals surface area (Å²) in [6.45, 7) is 2.75. The van der Waals surface area contributed by atoms with E-state index in [1.54, 1.807) is 12.1 Å². The van der Waals surface area contributed by atoms with Crippen LogP contribution in [0.2, 0.25) is 0 Å². The molecule has 0 aromatic heterocycles. The molecular weight excluding hydrogens is 304 g/mol. The van der Waals surface area contributed by atoms with Crippen molar-refractivity contribution in [3.8, 4) is 0 Å². The lowest BCUT2D eigenvalue weighted by molar-refractivity contribution is 0.0976. The van der Waals surface area contributed by atoms with Crippen molar-refractivity contribution in [2.75, 3.05) is 6.54 Å². The molecule has 23 heavy (non-hydrogen) atoms. The van der Waals surface area contributed by atoms with E-state index in [2.05, 4.69) is 34.9 Å². The van der Waals surface area contributed by atoms with E-state index in [9.17, 15) is 4.79 Å². The molecule has 3 nitrogen and oxygen atoms in total. The zero-order chi connectivity index (χ0) is 16.5. The minimum absolute atomic E-state index is 0.174. The third-order valence-electron chi connectivity index (χ3n) is 3.56. The Morgan fingerprint density at radius 2 is 1.70 bits per heavy atom. The Morgan fingerprint density at radius 1 is 1.00 bits per heavy atom. The highest BCUT2D eigenvalue weighted by Crippen LogP contribution is 2.04. The highest BCUT2D eigenvalue weighted by molar-refractivity contribution is 7.80. The minimum Gasteiger partial charge on any atom is -0.362 e. The molecule has 0 aliphatic rings. The molecule has 2 rings (SSSR count). The number of hydrogen-bond donors (Lipinski definition) is 2. The average molecular weight is 326 g/mol. The first kappa shape index (κ1) is 17.2. The Morgan fingerprint density at radius 3 is 2.39 bits per heavy atom. The predicted octanol–water partition coefficient (Wildman–Crippen LogP) is 3.62. The summed E-state index contributed by atoms with van der Waals surface area (Å²) >= 11 is 5.16. The predicted molar refractivity (Wildman–Crippen MR) is 98.6 cm³/mol.